The van der Waals surface area contributed by atoms with Gasteiger partial charge in [0.1, 0.15) is 22.5 Å². The lowest BCUT2D eigenvalue weighted by atomic mass is 9.88. The summed E-state index contributed by atoms with van der Waals surface area (Å²) < 4.78 is 15.7. The normalized spacial score (nSPS) is 12.0. The summed E-state index contributed by atoms with van der Waals surface area (Å²) in [6.45, 7) is 9.11. The van der Waals surface area contributed by atoms with E-state index in [-0.39, 0.29) is 11.8 Å². The van der Waals surface area contributed by atoms with E-state index in [9.17, 15) is 0 Å². The van der Waals surface area contributed by atoms with Gasteiger partial charge in [-0.2, -0.15) is 0 Å². The van der Waals surface area contributed by atoms with E-state index in [4.69, 9.17) is 18.8 Å². The molecule has 0 radical (unpaired) electrons. The van der Waals surface area contributed by atoms with Crippen molar-refractivity contribution in [2.45, 2.75) is 39.5 Å². The molecule has 0 unspecified atom stereocenters. The van der Waals surface area contributed by atoms with Gasteiger partial charge in [-0.1, -0.05) is 107 Å². The highest BCUT2D eigenvalue weighted by Crippen LogP contribution is 2.45. The number of nitrogens with zero attached hydrogens (tertiary/aromatic N) is 3. The Kier molecular flexibility index (Phi) is 6.76. The zero-order chi connectivity index (χ0) is 33.2. The molecule has 5 nitrogen and oxygen atoms in total. The molecule has 5 heteroatoms. The molecular weight excluding hydrogens is 603 g/mol. The molecule has 0 N–H and O–H groups in total. The smallest absolute Gasteiger partial charge is 0.227 e. The minimum Gasteiger partial charge on any atom is -0.455 e. The number of fused-ring (bicyclic) bond motifs is 6. The highest BCUT2D eigenvalue weighted by molar-refractivity contribution is 6.20. The molecule has 0 bridgehead atoms. The van der Waals surface area contributed by atoms with Gasteiger partial charge >= 0.3 is 0 Å². The van der Waals surface area contributed by atoms with Gasteiger partial charge < -0.3 is 8.83 Å². The maximum absolute atomic E-state index is 6.75. The lowest BCUT2D eigenvalue weighted by Crippen LogP contribution is -2.09. The Morgan fingerprint density at radius 3 is 1.92 bits per heavy atom. The van der Waals surface area contributed by atoms with Gasteiger partial charge in [-0.25, -0.2) is 9.97 Å². The van der Waals surface area contributed by atoms with E-state index in [0.29, 0.717) is 11.5 Å². The molecule has 0 aliphatic carbocycles. The van der Waals surface area contributed by atoms with E-state index in [1.807, 2.05) is 48.5 Å². The number of rotatable bonds is 6. The number of aromatic nitrogens is 3. The fraction of sp³-hybridized carbons (Fsp3) is 0.136. The van der Waals surface area contributed by atoms with Crippen molar-refractivity contribution in [2.75, 3.05) is 0 Å². The fourth-order valence-electron chi connectivity index (χ4n) is 7.19. The van der Waals surface area contributed by atoms with Crippen molar-refractivity contribution < 1.29 is 8.83 Å². The number of hydrogen-bond acceptors (Lipinski definition) is 4. The van der Waals surface area contributed by atoms with Gasteiger partial charge in [0.15, 0.2) is 5.58 Å². The SMILES string of the molecule is CC(C)c1cc(-c2ccccc2)cc(C(C)C)c1-n1c(-c2cc3oc(-c4ccccc4)nc3c3c2oc2ccccc23)nc2ccccc21. The topological polar surface area (TPSA) is 57.0 Å². The van der Waals surface area contributed by atoms with E-state index in [1.165, 1.54) is 27.9 Å². The maximum atomic E-state index is 6.75. The van der Waals surface area contributed by atoms with Crippen LogP contribution < -0.4 is 0 Å². The highest BCUT2D eigenvalue weighted by atomic mass is 16.4. The average molecular weight is 638 g/mol. The molecule has 0 fully saturated rings. The highest BCUT2D eigenvalue weighted by Gasteiger charge is 2.27. The van der Waals surface area contributed by atoms with E-state index in [1.54, 1.807) is 0 Å². The summed E-state index contributed by atoms with van der Waals surface area (Å²) in [5.41, 5.74) is 12.9. The minimum absolute atomic E-state index is 0.251. The first-order chi connectivity index (χ1) is 24.0. The second-order valence-corrected chi connectivity index (χ2v) is 13.4. The van der Waals surface area contributed by atoms with Crippen molar-refractivity contribution >= 4 is 44.1 Å². The molecule has 49 heavy (non-hydrogen) atoms. The summed E-state index contributed by atoms with van der Waals surface area (Å²) in [4.78, 5) is 10.4. The summed E-state index contributed by atoms with van der Waals surface area (Å²) in [5, 5.41) is 1.93. The third-order valence-corrected chi connectivity index (χ3v) is 9.57. The van der Waals surface area contributed by atoms with Gasteiger partial charge in [-0.05, 0) is 82.6 Å². The van der Waals surface area contributed by atoms with Crippen molar-refractivity contribution in [1.29, 1.82) is 0 Å². The molecular formula is C44H35N3O2. The molecule has 6 aromatic carbocycles. The van der Waals surface area contributed by atoms with Gasteiger partial charge in [0.05, 0.1) is 27.7 Å². The van der Waals surface area contributed by atoms with E-state index in [0.717, 1.165) is 55.4 Å². The quantitative estimate of drug-likeness (QED) is 0.182. The Balaban J connectivity index is 1.40. The Morgan fingerprint density at radius 1 is 0.571 bits per heavy atom. The summed E-state index contributed by atoms with van der Waals surface area (Å²) in [6, 6.07) is 44.1. The molecule has 0 spiro atoms. The molecule has 9 aromatic rings. The molecule has 0 atom stereocenters. The molecule has 0 aliphatic rings. The lowest BCUT2D eigenvalue weighted by Gasteiger charge is -2.24. The minimum atomic E-state index is 0.251. The van der Waals surface area contributed by atoms with Crippen LogP contribution in [0.3, 0.4) is 0 Å². The number of oxazole rings is 1. The van der Waals surface area contributed by atoms with Crippen LogP contribution in [-0.4, -0.2) is 14.5 Å². The standard InChI is InChI=1S/C44H35N3O2/c1-26(2)32-23-30(28-15-7-5-8-16-28)24-33(27(3)4)41(32)47-36-21-13-12-20-35(36)45-43(47)34-25-38-40(46-44(49-38)29-17-9-6-10-18-29)39-31-19-11-14-22-37(31)48-42(34)39/h5-27H,1-4H3. The van der Waals surface area contributed by atoms with Crippen LogP contribution in [0, 0.1) is 0 Å². The summed E-state index contributed by atoms with van der Waals surface area (Å²) in [7, 11) is 0. The largest absolute Gasteiger partial charge is 0.455 e. The predicted molar refractivity (Wildman–Crippen MR) is 200 cm³/mol. The molecule has 0 amide bonds. The Hall–Kier alpha value is -5.94. The fourth-order valence-corrected chi connectivity index (χ4v) is 7.19. The van der Waals surface area contributed by atoms with Crippen LogP contribution in [0.25, 0.3) is 83.7 Å². The Bertz CT molecular complexity index is 2630. The van der Waals surface area contributed by atoms with E-state index >= 15 is 0 Å². The van der Waals surface area contributed by atoms with E-state index < -0.39 is 0 Å². The third kappa shape index (κ3) is 4.68. The van der Waals surface area contributed by atoms with Crippen molar-refractivity contribution in [3.63, 3.8) is 0 Å². The molecule has 3 heterocycles. The van der Waals surface area contributed by atoms with Crippen molar-refractivity contribution in [1.82, 2.24) is 14.5 Å². The molecule has 238 valence electrons. The Morgan fingerprint density at radius 2 is 1.20 bits per heavy atom. The number of benzene rings is 6. The van der Waals surface area contributed by atoms with Crippen LogP contribution in [0.1, 0.15) is 50.7 Å². The van der Waals surface area contributed by atoms with Crippen LogP contribution in [0.4, 0.5) is 0 Å². The van der Waals surface area contributed by atoms with Gasteiger partial charge in [0.2, 0.25) is 5.89 Å². The average Bonchev–Trinajstić information content (AvgIpc) is 3.85. The van der Waals surface area contributed by atoms with Crippen LogP contribution >= 0.6 is 0 Å². The predicted octanol–water partition coefficient (Wildman–Crippen LogP) is 12.3. The third-order valence-electron chi connectivity index (χ3n) is 9.57. The van der Waals surface area contributed by atoms with E-state index in [2.05, 4.69) is 111 Å². The Labute approximate surface area is 284 Å². The van der Waals surface area contributed by atoms with Gasteiger partial charge in [0, 0.05) is 10.9 Å². The van der Waals surface area contributed by atoms with Crippen LogP contribution in [0.5, 0.6) is 0 Å². The van der Waals surface area contributed by atoms with Crippen LogP contribution in [0.2, 0.25) is 0 Å². The van der Waals surface area contributed by atoms with Crippen molar-refractivity contribution in [3.05, 3.63) is 139 Å². The van der Waals surface area contributed by atoms with Crippen molar-refractivity contribution in [2.24, 2.45) is 0 Å². The number of furan rings is 1. The molecule has 0 aliphatic heterocycles. The van der Waals surface area contributed by atoms with Crippen LogP contribution in [0.15, 0.2) is 136 Å². The zero-order valence-corrected chi connectivity index (χ0v) is 27.9. The molecule has 0 saturated heterocycles. The maximum Gasteiger partial charge on any atom is 0.227 e. The van der Waals surface area contributed by atoms with Gasteiger partial charge in [0.25, 0.3) is 0 Å². The number of para-hydroxylation sites is 3. The molecule has 3 aromatic heterocycles. The number of hydrogen-bond donors (Lipinski definition) is 0. The van der Waals surface area contributed by atoms with Crippen LogP contribution in [-0.2, 0) is 0 Å². The zero-order valence-electron chi connectivity index (χ0n) is 27.9. The monoisotopic (exact) mass is 637 g/mol. The summed E-state index contributed by atoms with van der Waals surface area (Å²) in [5.74, 6) is 1.89. The molecule has 0 saturated carbocycles. The summed E-state index contributed by atoms with van der Waals surface area (Å²) in [6.07, 6.45) is 0. The second-order valence-electron chi connectivity index (χ2n) is 13.4. The first-order valence-corrected chi connectivity index (χ1v) is 17.0. The second kappa shape index (κ2) is 11.3. The first-order valence-electron chi connectivity index (χ1n) is 17.0. The lowest BCUT2D eigenvalue weighted by molar-refractivity contribution is 0.619. The summed E-state index contributed by atoms with van der Waals surface area (Å²) >= 11 is 0. The van der Waals surface area contributed by atoms with Gasteiger partial charge in [-0.3, -0.25) is 4.57 Å². The first kappa shape index (κ1) is 29.2. The van der Waals surface area contributed by atoms with Gasteiger partial charge in [-0.15, -0.1) is 0 Å². The molecule has 9 rings (SSSR count). The number of imidazole rings is 1. The van der Waals surface area contributed by atoms with Crippen molar-refractivity contribution in [3.8, 4) is 39.7 Å².